The average molecular weight is 586 g/mol. The molecule has 6 aromatic rings. The van der Waals surface area contributed by atoms with Crippen molar-refractivity contribution >= 4 is 42.7 Å². The molecular weight excluding hydrogens is 555 g/mol. The molecule has 1 atom stereocenters. The van der Waals surface area contributed by atoms with Gasteiger partial charge >= 0.3 is 0 Å². The summed E-state index contributed by atoms with van der Waals surface area (Å²) < 4.78 is 2.29. The highest BCUT2D eigenvalue weighted by molar-refractivity contribution is 8.27. The number of nitrogens with zero attached hydrogens (tertiary/aromatic N) is 3. The summed E-state index contributed by atoms with van der Waals surface area (Å²) in [5.41, 5.74) is 8.47. The van der Waals surface area contributed by atoms with Crippen LogP contribution in [0.1, 0.15) is 16.7 Å². The first-order valence-corrected chi connectivity index (χ1v) is 16.2. The van der Waals surface area contributed by atoms with Crippen LogP contribution in [0.2, 0.25) is 0 Å². The maximum atomic E-state index is 4.96. The Morgan fingerprint density at radius 3 is 2.18 bits per heavy atom. The van der Waals surface area contributed by atoms with Crippen LogP contribution in [0.3, 0.4) is 0 Å². The van der Waals surface area contributed by atoms with Gasteiger partial charge in [0.05, 0.1) is 15.6 Å². The zero-order valence-corrected chi connectivity index (χ0v) is 25.5. The molecule has 0 bridgehead atoms. The summed E-state index contributed by atoms with van der Waals surface area (Å²) in [5.74, 6) is 2.06. The molecule has 0 radical (unpaired) electrons. The minimum Gasteiger partial charge on any atom is -0.289 e. The molecule has 0 N–H and O–H groups in total. The van der Waals surface area contributed by atoms with Gasteiger partial charge in [0, 0.05) is 18.0 Å². The van der Waals surface area contributed by atoms with E-state index in [4.69, 9.17) is 4.98 Å². The van der Waals surface area contributed by atoms with E-state index in [1.54, 1.807) is 0 Å². The van der Waals surface area contributed by atoms with Gasteiger partial charge in [0.25, 0.3) is 0 Å². The maximum Gasteiger partial charge on any atom is 0.145 e. The predicted molar refractivity (Wildman–Crippen MR) is 189 cm³/mol. The van der Waals surface area contributed by atoms with E-state index in [1.165, 1.54) is 54.2 Å². The van der Waals surface area contributed by atoms with E-state index in [1.807, 2.05) is 6.20 Å². The minimum absolute atomic E-state index is 0.238. The normalized spacial score (nSPS) is 15.8. The Bertz CT molecular complexity index is 2190. The molecule has 1 aromatic heterocycles. The molecule has 0 spiro atoms. The molecule has 3 heterocycles. The summed E-state index contributed by atoms with van der Waals surface area (Å²) in [5, 5.41) is 4.87. The zero-order chi connectivity index (χ0) is 29.6. The second-order valence-corrected chi connectivity index (χ2v) is 13.0. The minimum atomic E-state index is -0.238. The second kappa shape index (κ2) is 10.8. The molecule has 3 nitrogen and oxygen atoms in total. The Morgan fingerprint density at radius 2 is 1.34 bits per heavy atom. The largest absolute Gasteiger partial charge is 0.289 e. The standard InChI is InChI=1S/C40H31N3S/c1-28-12-3-6-16-33(28)38-40(43(36-19-8-4-13-29(36)2)37-20-9-10-27-44(37)38)42-26-25-41-39(42)32-23-21-31(22-24-32)35-18-11-15-30-14-5-7-17-34(30)35/h3-27H,1-2H3. The molecular formula is C40H31N3S. The highest BCUT2D eigenvalue weighted by Crippen LogP contribution is 2.52. The van der Waals surface area contributed by atoms with E-state index >= 15 is 0 Å². The Hall–Kier alpha value is -5.19. The van der Waals surface area contributed by atoms with E-state index in [2.05, 4.69) is 168 Å². The van der Waals surface area contributed by atoms with Crippen molar-refractivity contribution in [3.63, 3.8) is 0 Å². The molecule has 2 aliphatic rings. The fraction of sp³-hybridized carbons (Fsp3) is 0.0500. The first kappa shape index (κ1) is 26.4. The Kier molecular flexibility index (Phi) is 6.50. The van der Waals surface area contributed by atoms with Gasteiger partial charge in [-0.05, 0) is 70.0 Å². The van der Waals surface area contributed by atoms with E-state index < -0.39 is 0 Å². The van der Waals surface area contributed by atoms with E-state index in [-0.39, 0.29) is 10.5 Å². The number of anilines is 1. The number of benzene rings is 5. The van der Waals surface area contributed by atoms with Gasteiger partial charge in [0.15, 0.2) is 0 Å². The van der Waals surface area contributed by atoms with Crippen LogP contribution in [0, 0.1) is 13.8 Å². The first-order valence-electron chi connectivity index (χ1n) is 14.9. The van der Waals surface area contributed by atoms with Gasteiger partial charge in [-0.15, -0.1) is 10.5 Å². The Balaban J connectivity index is 1.32. The van der Waals surface area contributed by atoms with Crippen molar-refractivity contribution in [3.05, 3.63) is 168 Å². The Labute approximate surface area is 260 Å². The number of aromatic nitrogens is 2. The van der Waals surface area contributed by atoms with E-state index in [0.717, 1.165) is 17.2 Å². The van der Waals surface area contributed by atoms with Crippen molar-refractivity contribution in [1.29, 1.82) is 0 Å². The van der Waals surface area contributed by atoms with Gasteiger partial charge in [-0.25, -0.2) is 4.98 Å². The molecule has 212 valence electrons. The highest BCUT2D eigenvalue weighted by atomic mass is 32.2. The summed E-state index contributed by atoms with van der Waals surface area (Å²) in [6, 6.07) is 41.4. The molecule has 1 unspecified atom stereocenters. The monoisotopic (exact) mass is 585 g/mol. The predicted octanol–water partition coefficient (Wildman–Crippen LogP) is 10.3. The molecule has 0 aliphatic carbocycles. The van der Waals surface area contributed by atoms with Crippen LogP contribution in [0.5, 0.6) is 0 Å². The lowest BCUT2D eigenvalue weighted by molar-refractivity contribution is 1.06. The fourth-order valence-electron chi connectivity index (χ4n) is 6.35. The average Bonchev–Trinajstić information content (AvgIpc) is 3.68. The third-order valence-electron chi connectivity index (χ3n) is 8.50. The number of allylic oxidation sites excluding steroid dienone is 2. The van der Waals surface area contributed by atoms with Crippen LogP contribution in [-0.4, -0.2) is 14.5 Å². The van der Waals surface area contributed by atoms with Gasteiger partial charge in [0.1, 0.15) is 11.6 Å². The van der Waals surface area contributed by atoms with Gasteiger partial charge < -0.3 is 0 Å². The lowest BCUT2D eigenvalue weighted by Crippen LogP contribution is -2.28. The van der Waals surface area contributed by atoms with Crippen LogP contribution in [0.15, 0.2) is 151 Å². The van der Waals surface area contributed by atoms with E-state index in [9.17, 15) is 0 Å². The third kappa shape index (κ3) is 4.30. The molecule has 0 amide bonds. The second-order valence-electron chi connectivity index (χ2n) is 11.2. The maximum absolute atomic E-state index is 4.96. The molecule has 0 fully saturated rings. The van der Waals surface area contributed by atoms with Crippen LogP contribution >= 0.6 is 10.5 Å². The smallest absolute Gasteiger partial charge is 0.145 e. The number of imidazole rings is 1. The zero-order valence-electron chi connectivity index (χ0n) is 24.7. The molecule has 5 aromatic carbocycles. The number of hydrogen-bond donors (Lipinski definition) is 0. The van der Waals surface area contributed by atoms with Gasteiger partial charge in [-0.2, -0.15) is 0 Å². The van der Waals surface area contributed by atoms with Crippen molar-refractivity contribution in [2.45, 2.75) is 13.8 Å². The van der Waals surface area contributed by atoms with E-state index in [0.29, 0.717) is 0 Å². The quantitative estimate of drug-likeness (QED) is 0.188. The van der Waals surface area contributed by atoms with Crippen molar-refractivity contribution in [2.24, 2.45) is 0 Å². The lowest BCUT2D eigenvalue weighted by atomic mass is 9.97. The van der Waals surface area contributed by atoms with Crippen LogP contribution in [0.4, 0.5) is 5.69 Å². The summed E-state index contributed by atoms with van der Waals surface area (Å²) in [6.07, 6.45) is 10.7. The fourth-order valence-corrected chi connectivity index (χ4v) is 8.54. The summed E-state index contributed by atoms with van der Waals surface area (Å²) in [6.45, 7) is 4.41. The number of aryl methyl sites for hydroxylation is 2. The van der Waals surface area contributed by atoms with Crippen LogP contribution in [-0.2, 0) is 0 Å². The number of rotatable bonds is 5. The van der Waals surface area contributed by atoms with Crippen LogP contribution < -0.4 is 4.90 Å². The SMILES string of the molecule is Cc1ccccc1C1=C(n2ccnc2-c2ccc(-c3cccc4ccccc34)cc2)N(c2ccccc2C)C2=S1C=CC=C2. The van der Waals surface area contributed by atoms with Gasteiger partial charge in [-0.1, -0.05) is 121 Å². The molecule has 2 aliphatic heterocycles. The summed E-state index contributed by atoms with van der Waals surface area (Å²) in [4.78, 5) is 10.0. The van der Waals surface area contributed by atoms with Crippen molar-refractivity contribution in [1.82, 2.24) is 9.55 Å². The lowest BCUT2D eigenvalue weighted by Gasteiger charge is -2.28. The van der Waals surface area contributed by atoms with Gasteiger partial charge in [-0.3, -0.25) is 9.47 Å². The molecule has 8 rings (SSSR count). The van der Waals surface area contributed by atoms with Crippen LogP contribution in [0.25, 0.3) is 44.0 Å². The molecule has 4 heteroatoms. The third-order valence-corrected chi connectivity index (χ3v) is 10.5. The molecule has 44 heavy (non-hydrogen) atoms. The van der Waals surface area contributed by atoms with Crippen molar-refractivity contribution in [3.8, 4) is 22.5 Å². The number of hydrogen-bond acceptors (Lipinski definition) is 2. The van der Waals surface area contributed by atoms with Crippen molar-refractivity contribution < 1.29 is 0 Å². The van der Waals surface area contributed by atoms with Gasteiger partial charge in [0.2, 0.25) is 0 Å². The summed E-state index contributed by atoms with van der Waals surface area (Å²) >= 11 is 0. The Morgan fingerprint density at radius 1 is 0.636 bits per heavy atom. The van der Waals surface area contributed by atoms with Crippen molar-refractivity contribution in [2.75, 3.05) is 4.90 Å². The number of fused-ring (bicyclic) bond motifs is 1. The highest BCUT2D eigenvalue weighted by Gasteiger charge is 2.35. The first-order chi connectivity index (χ1) is 21.7. The summed E-state index contributed by atoms with van der Waals surface area (Å²) in [7, 11) is -0.238. The molecule has 0 saturated carbocycles. The number of para-hydroxylation sites is 1. The molecule has 0 saturated heterocycles. The topological polar surface area (TPSA) is 21.1 Å².